The summed E-state index contributed by atoms with van der Waals surface area (Å²) >= 11 is 0. The minimum atomic E-state index is -0.504. The molecule has 3 aromatic rings. The largest absolute Gasteiger partial charge is 0.457 e. The maximum atomic E-state index is 12.4. The van der Waals surface area contributed by atoms with E-state index in [1.807, 2.05) is 0 Å². The summed E-state index contributed by atoms with van der Waals surface area (Å²) in [6, 6.07) is 8.19. The van der Waals surface area contributed by atoms with Crippen molar-refractivity contribution >= 4 is 23.0 Å². The number of primary amides is 1. The van der Waals surface area contributed by atoms with Crippen LogP contribution in [-0.2, 0) is 11.3 Å². The zero-order chi connectivity index (χ0) is 17.3. The molecule has 1 aromatic carbocycles. The lowest BCUT2D eigenvalue weighted by Gasteiger charge is -2.07. The van der Waals surface area contributed by atoms with Crippen LogP contribution in [0.5, 0.6) is 0 Å². The quantitative estimate of drug-likeness (QED) is 0.737. The number of aryl methyl sites for hydroxylation is 2. The number of amides is 1. The number of esters is 1. The van der Waals surface area contributed by atoms with Gasteiger partial charge in [-0.2, -0.15) is 0 Å². The second-order valence-corrected chi connectivity index (χ2v) is 5.40. The van der Waals surface area contributed by atoms with Crippen LogP contribution in [0.4, 0.5) is 0 Å². The fraction of sp³-hybridized carbons (Fsp3) is 0.176. The molecule has 0 bridgehead atoms. The molecule has 0 aliphatic heterocycles. The molecule has 7 heteroatoms. The van der Waals surface area contributed by atoms with Gasteiger partial charge in [-0.05, 0) is 37.6 Å². The summed E-state index contributed by atoms with van der Waals surface area (Å²) in [5, 5.41) is 4.39. The van der Waals surface area contributed by atoms with Crippen LogP contribution < -0.4 is 5.73 Å². The number of ether oxygens (including phenoxy) is 1. The average molecular weight is 325 g/mol. The van der Waals surface area contributed by atoms with E-state index in [-0.39, 0.29) is 6.61 Å². The molecule has 0 saturated heterocycles. The molecule has 2 heterocycles. The fourth-order valence-corrected chi connectivity index (χ4v) is 2.37. The van der Waals surface area contributed by atoms with Crippen molar-refractivity contribution < 1.29 is 18.8 Å². The van der Waals surface area contributed by atoms with Crippen molar-refractivity contribution in [2.45, 2.75) is 20.5 Å². The number of nitrogens with two attached hydrogens (primary N) is 1. The number of hydrogen-bond acceptors (Lipinski definition) is 6. The van der Waals surface area contributed by atoms with Crippen LogP contribution in [0.25, 0.3) is 11.1 Å². The summed E-state index contributed by atoms with van der Waals surface area (Å²) < 4.78 is 10.5. The molecule has 0 atom stereocenters. The monoisotopic (exact) mass is 325 g/mol. The lowest BCUT2D eigenvalue weighted by Crippen LogP contribution is -2.11. The summed E-state index contributed by atoms with van der Waals surface area (Å²) in [6.07, 6.45) is 0. The third-order valence-corrected chi connectivity index (χ3v) is 3.57. The van der Waals surface area contributed by atoms with E-state index in [9.17, 15) is 9.59 Å². The van der Waals surface area contributed by atoms with Gasteiger partial charge in [-0.25, -0.2) is 9.78 Å². The van der Waals surface area contributed by atoms with Crippen LogP contribution in [0.2, 0.25) is 0 Å². The molecule has 0 aliphatic rings. The van der Waals surface area contributed by atoms with Crippen molar-refractivity contribution in [3.05, 3.63) is 58.4 Å². The standard InChI is InChI=1S/C17H15N3O4/c1-9-7-13(14-10(2)20-24-16(14)19-9)17(22)23-8-11-3-5-12(6-4-11)15(18)21/h3-7H,8H2,1-2H3,(H2,18,21). The Morgan fingerprint density at radius 3 is 2.58 bits per heavy atom. The Bertz CT molecular complexity index is 929. The molecular weight excluding hydrogens is 310 g/mol. The highest BCUT2D eigenvalue weighted by molar-refractivity contribution is 6.03. The Balaban J connectivity index is 1.80. The summed E-state index contributed by atoms with van der Waals surface area (Å²) in [5.41, 5.74) is 8.23. The van der Waals surface area contributed by atoms with Gasteiger partial charge in [-0.15, -0.1) is 0 Å². The number of hydrogen-bond donors (Lipinski definition) is 1. The Hall–Kier alpha value is -3.22. The Kier molecular flexibility index (Phi) is 3.99. The molecule has 1 amide bonds. The lowest BCUT2D eigenvalue weighted by molar-refractivity contribution is 0.0474. The maximum Gasteiger partial charge on any atom is 0.339 e. The fourth-order valence-electron chi connectivity index (χ4n) is 2.37. The van der Waals surface area contributed by atoms with Crippen molar-refractivity contribution in [1.82, 2.24) is 10.1 Å². The van der Waals surface area contributed by atoms with Crippen molar-refractivity contribution in [1.29, 1.82) is 0 Å². The second kappa shape index (κ2) is 6.11. The lowest BCUT2D eigenvalue weighted by atomic mass is 10.1. The zero-order valence-electron chi connectivity index (χ0n) is 13.2. The van der Waals surface area contributed by atoms with E-state index in [1.54, 1.807) is 44.2 Å². The van der Waals surface area contributed by atoms with Gasteiger partial charge in [0.1, 0.15) is 6.61 Å². The third-order valence-electron chi connectivity index (χ3n) is 3.57. The summed E-state index contributed by atoms with van der Waals surface area (Å²) in [7, 11) is 0. The normalized spacial score (nSPS) is 10.8. The number of aromatic nitrogens is 2. The topological polar surface area (TPSA) is 108 Å². The van der Waals surface area contributed by atoms with Crippen LogP contribution in [0.1, 0.15) is 37.7 Å². The Morgan fingerprint density at radius 2 is 1.92 bits per heavy atom. The van der Waals surface area contributed by atoms with Crippen LogP contribution in [-0.4, -0.2) is 22.0 Å². The highest BCUT2D eigenvalue weighted by atomic mass is 16.5. The SMILES string of the molecule is Cc1cc(C(=O)OCc2ccc(C(N)=O)cc2)c2c(C)noc2n1. The molecule has 0 spiro atoms. The van der Waals surface area contributed by atoms with E-state index in [2.05, 4.69) is 10.1 Å². The van der Waals surface area contributed by atoms with Crippen molar-refractivity contribution in [2.24, 2.45) is 5.73 Å². The Morgan fingerprint density at radius 1 is 1.21 bits per heavy atom. The van der Waals surface area contributed by atoms with E-state index in [0.717, 1.165) is 5.56 Å². The summed E-state index contributed by atoms with van der Waals surface area (Å²) in [4.78, 5) is 27.7. The predicted octanol–water partition coefficient (Wildman–Crippen LogP) is 2.30. The predicted molar refractivity (Wildman–Crippen MR) is 85.4 cm³/mol. The molecule has 122 valence electrons. The van der Waals surface area contributed by atoms with E-state index >= 15 is 0 Å². The molecular formula is C17H15N3O4. The first kappa shape index (κ1) is 15.7. The minimum absolute atomic E-state index is 0.0745. The van der Waals surface area contributed by atoms with Crippen LogP contribution in [0.15, 0.2) is 34.9 Å². The molecule has 0 aliphatic carbocycles. The number of benzene rings is 1. The molecule has 3 rings (SSSR count). The van der Waals surface area contributed by atoms with E-state index in [4.69, 9.17) is 15.0 Å². The first-order chi connectivity index (χ1) is 11.5. The van der Waals surface area contributed by atoms with Gasteiger partial charge in [-0.3, -0.25) is 4.79 Å². The average Bonchev–Trinajstić information content (AvgIpc) is 2.93. The number of carbonyl (C=O) groups excluding carboxylic acids is 2. The van der Waals surface area contributed by atoms with Gasteiger partial charge in [0.05, 0.1) is 16.6 Å². The van der Waals surface area contributed by atoms with Crippen LogP contribution in [0, 0.1) is 13.8 Å². The van der Waals surface area contributed by atoms with Crippen LogP contribution in [0.3, 0.4) is 0 Å². The summed E-state index contributed by atoms with van der Waals surface area (Å²) in [5.74, 6) is -0.994. The van der Waals surface area contributed by atoms with Gasteiger partial charge in [-0.1, -0.05) is 17.3 Å². The van der Waals surface area contributed by atoms with Gasteiger partial charge >= 0.3 is 5.97 Å². The maximum absolute atomic E-state index is 12.4. The van der Waals surface area contributed by atoms with Gasteiger partial charge in [0, 0.05) is 11.3 Å². The molecule has 0 radical (unpaired) electrons. The third kappa shape index (κ3) is 2.96. The molecule has 2 aromatic heterocycles. The van der Waals surface area contributed by atoms with Crippen molar-refractivity contribution in [2.75, 3.05) is 0 Å². The molecule has 0 unspecified atom stereocenters. The van der Waals surface area contributed by atoms with Crippen molar-refractivity contribution in [3.8, 4) is 0 Å². The van der Waals surface area contributed by atoms with Gasteiger partial charge in [0.2, 0.25) is 5.91 Å². The molecule has 2 N–H and O–H groups in total. The van der Waals surface area contributed by atoms with E-state index in [1.165, 1.54) is 0 Å². The van der Waals surface area contributed by atoms with Gasteiger partial charge in [0.15, 0.2) is 0 Å². The first-order valence-corrected chi connectivity index (χ1v) is 7.25. The molecule has 0 fully saturated rings. The molecule has 24 heavy (non-hydrogen) atoms. The molecule has 0 saturated carbocycles. The highest BCUT2D eigenvalue weighted by Gasteiger charge is 2.19. The van der Waals surface area contributed by atoms with E-state index in [0.29, 0.717) is 33.6 Å². The number of pyridine rings is 1. The van der Waals surface area contributed by atoms with Gasteiger partial charge in [0.25, 0.3) is 5.71 Å². The number of carbonyl (C=O) groups is 2. The van der Waals surface area contributed by atoms with Gasteiger partial charge < -0.3 is 15.0 Å². The number of fused-ring (bicyclic) bond motifs is 1. The first-order valence-electron chi connectivity index (χ1n) is 7.25. The minimum Gasteiger partial charge on any atom is -0.457 e. The highest BCUT2D eigenvalue weighted by Crippen LogP contribution is 2.23. The smallest absolute Gasteiger partial charge is 0.339 e. The Labute approximate surface area is 137 Å². The number of nitrogens with zero attached hydrogens (tertiary/aromatic N) is 2. The summed E-state index contributed by atoms with van der Waals surface area (Å²) in [6.45, 7) is 3.57. The number of rotatable bonds is 4. The van der Waals surface area contributed by atoms with Crippen molar-refractivity contribution in [3.63, 3.8) is 0 Å². The second-order valence-electron chi connectivity index (χ2n) is 5.40. The molecule has 7 nitrogen and oxygen atoms in total. The zero-order valence-corrected chi connectivity index (χ0v) is 13.2. The van der Waals surface area contributed by atoms with E-state index < -0.39 is 11.9 Å². The van der Waals surface area contributed by atoms with Crippen LogP contribution >= 0.6 is 0 Å².